The van der Waals surface area contributed by atoms with Gasteiger partial charge in [-0.25, -0.2) is 0 Å². The number of carbonyl (C=O) groups excluding carboxylic acids is 1. The molecular formula is C12H14ClNO2. The van der Waals surface area contributed by atoms with E-state index in [4.69, 9.17) is 16.3 Å². The highest BCUT2D eigenvalue weighted by atomic mass is 35.5. The molecule has 1 aromatic rings. The molecular weight excluding hydrogens is 226 g/mol. The predicted molar refractivity (Wildman–Crippen MR) is 64.3 cm³/mol. The minimum atomic E-state index is -0.500. The highest BCUT2D eigenvalue weighted by Crippen LogP contribution is 2.37. The summed E-state index contributed by atoms with van der Waals surface area (Å²) in [6.07, 6.45) is 1.16. The Balaban J connectivity index is 2.26. The maximum atomic E-state index is 10.9. The molecule has 0 aromatic heterocycles. The number of carbonyl (C=O) groups is 1. The van der Waals surface area contributed by atoms with Crippen molar-refractivity contribution in [2.75, 3.05) is 17.3 Å². The number of hydrogen-bond donors (Lipinski definition) is 0. The quantitative estimate of drug-likeness (QED) is 0.597. The molecule has 0 saturated heterocycles. The maximum absolute atomic E-state index is 10.9. The van der Waals surface area contributed by atoms with Crippen molar-refractivity contribution in [3.63, 3.8) is 0 Å². The van der Waals surface area contributed by atoms with Gasteiger partial charge in [-0.2, -0.15) is 0 Å². The van der Waals surface area contributed by atoms with Gasteiger partial charge in [0.1, 0.15) is 5.75 Å². The predicted octanol–water partition coefficient (Wildman–Crippen LogP) is 2.35. The lowest BCUT2D eigenvalue weighted by molar-refractivity contribution is -0.113. The zero-order valence-corrected chi connectivity index (χ0v) is 9.91. The molecule has 1 atom stereocenters. The van der Waals surface area contributed by atoms with Crippen LogP contribution < -0.4 is 9.64 Å². The second-order valence-corrected chi connectivity index (χ2v) is 4.23. The Labute approximate surface area is 100.0 Å². The summed E-state index contributed by atoms with van der Waals surface area (Å²) in [4.78, 5) is 12.9. The lowest BCUT2D eigenvalue weighted by Gasteiger charge is -2.20. The van der Waals surface area contributed by atoms with E-state index in [0.29, 0.717) is 5.88 Å². The molecule has 0 saturated carbocycles. The number of aldehydes is 1. The van der Waals surface area contributed by atoms with Crippen LogP contribution in [0.2, 0.25) is 0 Å². The molecule has 3 nitrogen and oxygen atoms in total. The molecule has 2 rings (SSSR count). The van der Waals surface area contributed by atoms with Gasteiger partial charge in [-0.3, -0.25) is 4.79 Å². The summed E-state index contributed by atoms with van der Waals surface area (Å²) in [5, 5.41) is 0. The molecule has 0 bridgehead atoms. The van der Waals surface area contributed by atoms with Gasteiger partial charge in [-0.05, 0) is 31.0 Å². The number of rotatable bonds is 4. The zero-order chi connectivity index (χ0) is 11.5. The number of ether oxygens (including phenoxy) is 1. The summed E-state index contributed by atoms with van der Waals surface area (Å²) in [5.41, 5.74) is 2.11. The highest BCUT2D eigenvalue weighted by molar-refractivity contribution is 6.17. The first-order valence-electron chi connectivity index (χ1n) is 5.31. The van der Waals surface area contributed by atoms with Crippen LogP contribution >= 0.6 is 11.6 Å². The average Bonchev–Trinajstić information content (AvgIpc) is 2.63. The molecule has 0 N–H and O–H groups in total. The van der Waals surface area contributed by atoms with Crippen LogP contribution in [-0.2, 0) is 4.79 Å². The van der Waals surface area contributed by atoms with Crippen LogP contribution in [0.5, 0.6) is 5.75 Å². The third kappa shape index (κ3) is 2.00. The van der Waals surface area contributed by atoms with E-state index in [1.54, 1.807) is 0 Å². The third-order valence-electron chi connectivity index (χ3n) is 2.63. The van der Waals surface area contributed by atoms with Gasteiger partial charge in [0.2, 0.25) is 6.23 Å². The Hall–Kier alpha value is -1.22. The van der Waals surface area contributed by atoms with E-state index in [2.05, 4.69) is 0 Å². The molecule has 16 heavy (non-hydrogen) atoms. The summed E-state index contributed by atoms with van der Waals surface area (Å²) >= 11 is 5.67. The van der Waals surface area contributed by atoms with E-state index >= 15 is 0 Å². The van der Waals surface area contributed by atoms with Crippen molar-refractivity contribution < 1.29 is 9.53 Å². The molecule has 0 spiro atoms. The minimum absolute atomic E-state index is 0.500. The summed E-state index contributed by atoms with van der Waals surface area (Å²) < 4.78 is 5.56. The smallest absolute Gasteiger partial charge is 0.229 e. The zero-order valence-electron chi connectivity index (χ0n) is 9.15. The number of alkyl halides is 1. The Morgan fingerprint density at radius 2 is 2.38 bits per heavy atom. The van der Waals surface area contributed by atoms with Gasteiger partial charge in [0.05, 0.1) is 5.69 Å². The standard InChI is InChI=1S/C12H14ClNO2/c1-9-3-4-10-11(7-9)16-12(8-15)14(10)6-2-5-13/h3-4,7-8,12H,2,5-6H2,1H3. The monoisotopic (exact) mass is 239 g/mol. The first kappa shape index (κ1) is 11.3. The fraction of sp³-hybridized carbons (Fsp3) is 0.417. The van der Waals surface area contributed by atoms with Crippen molar-refractivity contribution in [3.8, 4) is 5.75 Å². The van der Waals surface area contributed by atoms with Gasteiger partial charge in [-0.15, -0.1) is 11.6 Å². The van der Waals surface area contributed by atoms with Crippen LogP contribution in [0.3, 0.4) is 0 Å². The minimum Gasteiger partial charge on any atom is -0.461 e. The summed E-state index contributed by atoms with van der Waals surface area (Å²) in [6, 6.07) is 5.96. The van der Waals surface area contributed by atoms with Crippen molar-refractivity contribution in [1.82, 2.24) is 0 Å². The molecule has 86 valence electrons. The van der Waals surface area contributed by atoms with Crippen LogP contribution in [0.15, 0.2) is 18.2 Å². The van der Waals surface area contributed by atoms with Crippen LogP contribution in [0, 0.1) is 6.92 Å². The lowest BCUT2D eigenvalue weighted by Crippen LogP contribution is -2.36. The van der Waals surface area contributed by atoms with Crippen molar-refractivity contribution in [2.45, 2.75) is 19.6 Å². The molecule has 1 aliphatic heterocycles. The molecule has 0 amide bonds. The van der Waals surface area contributed by atoms with E-state index in [0.717, 1.165) is 36.3 Å². The second-order valence-electron chi connectivity index (χ2n) is 3.85. The average molecular weight is 240 g/mol. The Kier molecular flexibility index (Phi) is 3.34. The van der Waals surface area contributed by atoms with E-state index in [1.165, 1.54) is 0 Å². The summed E-state index contributed by atoms with van der Waals surface area (Å²) in [6.45, 7) is 2.74. The van der Waals surface area contributed by atoms with Gasteiger partial charge < -0.3 is 9.64 Å². The Morgan fingerprint density at radius 1 is 1.56 bits per heavy atom. The van der Waals surface area contributed by atoms with Crippen LogP contribution in [0.25, 0.3) is 0 Å². The van der Waals surface area contributed by atoms with Gasteiger partial charge in [-0.1, -0.05) is 6.07 Å². The lowest BCUT2D eigenvalue weighted by atomic mass is 10.2. The number of fused-ring (bicyclic) bond motifs is 1. The topological polar surface area (TPSA) is 29.5 Å². The van der Waals surface area contributed by atoms with Gasteiger partial charge >= 0.3 is 0 Å². The van der Waals surface area contributed by atoms with Crippen molar-refractivity contribution in [3.05, 3.63) is 23.8 Å². The van der Waals surface area contributed by atoms with Gasteiger partial charge in [0.25, 0.3) is 0 Å². The fourth-order valence-corrected chi connectivity index (χ4v) is 1.98. The molecule has 1 aromatic carbocycles. The first-order valence-corrected chi connectivity index (χ1v) is 5.85. The largest absolute Gasteiger partial charge is 0.461 e. The number of nitrogens with zero attached hydrogens (tertiary/aromatic N) is 1. The number of anilines is 1. The van der Waals surface area contributed by atoms with Crippen LogP contribution in [0.4, 0.5) is 5.69 Å². The van der Waals surface area contributed by atoms with E-state index in [1.807, 2.05) is 30.0 Å². The van der Waals surface area contributed by atoms with Gasteiger partial charge in [0, 0.05) is 12.4 Å². The fourth-order valence-electron chi connectivity index (χ4n) is 1.86. The third-order valence-corrected chi connectivity index (χ3v) is 2.90. The summed E-state index contributed by atoms with van der Waals surface area (Å²) in [7, 11) is 0. The normalized spacial score (nSPS) is 18.1. The molecule has 1 heterocycles. The first-order chi connectivity index (χ1) is 7.76. The molecule has 1 aliphatic rings. The second kappa shape index (κ2) is 4.74. The molecule has 0 fully saturated rings. The van der Waals surface area contributed by atoms with E-state index in [-0.39, 0.29) is 0 Å². The van der Waals surface area contributed by atoms with E-state index < -0.39 is 6.23 Å². The van der Waals surface area contributed by atoms with Crippen molar-refractivity contribution in [1.29, 1.82) is 0 Å². The Morgan fingerprint density at radius 3 is 3.06 bits per heavy atom. The number of halogens is 1. The highest BCUT2D eigenvalue weighted by Gasteiger charge is 2.29. The van der Waals surface area contributed by atoms with Crippen LogP contribution in [0.1, 0.15) is 12.0 Å². The van der Waals surface area contributed by atoms with E-state index in [9.17, 15) is 4.79 Å². The van der Waals surface area contributed by atoms with Crippen molar-refractivity contribution in [2.24, 2.45) is 0 Å². The van der Waals surface area contributed by atoms with Crippen LogP contribution in [-0.4, -0.2) is 24.9 Å². The summed E-state index contributed by atoms with van der Waals surface area (Å²) in [5.74, 6) is 1.37. The SMILES string of the molecule is Cc1ccc2c(c1)OC(C=O)N2CCCCl. The van der Waals surface area contributed by atoms with Gasteiger partial charge in [0.15, 0.2) is 6.29 Å². The molecule has 4 heteroatoms. The maximum Gasteiger partial charge on any atom is 0.229 e. The van der Waals surface area contributed by atoms with Crippen molar-refractivity contribution >= 4 is 23.6 Å². The molecule has 0 radical (unpaired) electrons. The number of aryl methyl sites for hydroxylation is 1. The Bertz CT molecular complexity index is 395. The number of benzene rings is 1. The molecule has 0 aliphatic carbocycles. The number of hydrogen-bond acceptors (Lipinski definition) is 3. The molecule has 1 unspecified atom stereocenters.